The van der Waals surface area contributed by atoms with Crippen LogP contribution in [0.2, 0.25) is 0 Å². The normalized spacial score (nSPS) is 12.2. The highest BCUT2D eigenvalue weighted by Crippen LogP contribution is 2.36. The average molecular weight is 261 g/mol. The van der Waals surface area contributed by atoms with E-state index in [2.05, 4.69) is 0 Å². The SMILES string of the molecule is CC(c1c(O)cccc1O)N(C)c1ccc(F)cc1. The largest absolute Gasteiger partial charge is 0.507 e. The third-order valence-corrected chi connectivity index (χ3v) is 3.29. The van der Waals surface area contributed by atoms with Crippen molar-refractivity contribution in [3.8, 4) is 11.5 Å². The lowest BCUT2D eigenvalue weighted by Gasteiger charge is -2.28. The van der Waals surface area contributed by atoms with Crippen molar-refractivity contribution in [3.05, 3.63) is 53.8 Å². The Bertz CT molecular complexity index is 549. The molecule has 3 nitrogen and oxygen atoms in total. The van der Waals surface area contributed by atoms with Crippen molar-refractivity contribution < 1.29 is 14.6 Å². The summed E-state index contributed by atoms with van der Waals surface area (Å²) in [6, 6.07) is 10.5. The summed E-state index contributed by atoms with van der Waals surface area (Å²) in [7, 11) is 1.82. The lowest BCUT2D eigenvalue weighted by molar-refractivity contribution is 0.430. The summed E-state index contributed by atoms with van der Waals surface area (Å²) >= 11 is 0. The summed E-state index contributed by atoms with van der Waals surface area (Å²) in [5.41, 5.74) is 1.26. The van der Waals surface area contributed by atoms with Crippen LogP contribution in [-0.4, -0.2) is 17.3 Å². The topological polar surface area (TPSA) is 43.7 Å². The fraction of sp³-hybridized carbons (Fsp3) is 0.200. The molecule has 0 aliphatic rings. The molecule has 2 aromatic carbocycles. The van der Waals surface area contributed by atoms with Crippen LogP contribution in [0.1, 0.15) is 18.5 Å². The van der Waals surface area contributed by atoms with Crippen LogP contribution in [-0.2, 0) is 0 Å². The third-order valence-electron chi connectivity index (χ3n) is 3.29. The Morgan fingerprint density at radius 1 is 1.00 bits per heavy atom. The van der Waals surface area contributed by atoms with Crippen molar-refractivity contribution in [1.29, 1.82) is 0 Å². The molecule has 1 atom stereocenters. The van der Waals surface area contributed by atoms with Gasteiger partial charge in [-0.25, -0.2) is 4.39 Å². The fourth-order valence-electron chi connectivity index (χ4n) is 2.06. The molecule has 0 saturated heterocycles. The molecular formula is C15H16FNO2. The first-order valence-electron chi connectivity index (χ1n) is 6.00. The molecule has 0 aromatic heterocycles. The molecule has 0 amide bonds. The number of phenols is 2. The van der Waals surface area contributed by atoms with Gasteiger partial charge < -0.3 is 15.1 Å². The summed E-state index contributed by atoms with van der Waals surface area (Å²) in [4.78, 5) is 1.86. The summed E-state index contributed by atoms with van der Waals surface area (Å²) in [5.74, 6) is -0.210. The standard InChI is InChI=1S/C15H16FNO2/c1-10(15-13(18)4-3-5-14(15)19)17(2)12-8-6-11(16)7-9-12/h3-10,18-19H,1-2H3. The summed E-state index contributed by atoms with van der Waals surface area (Å²) in [5, 5.41) is 19.7. The van der Waals surface area contributed by atoms with Gasteiger partial charge >= 0.3 is 0 Å². The average Bonchev–Trinajstić information content (AvgIpc) is 2.38. The molecule has 4 heteroatoms. The zero-order valence-corrected chi connectivity index (χ0v) is 10.8. The van der Waals surface area contributed by atoms with E-state index in [-0.39, 0.29) is 23.4 Å². The van der Waals surface area contributed by atoms with Crippen LogP contribution < -0.4 is 4.90 Å². The Kier molecular flexibility index (Phi) is 3.60. The zero-order chi connectivity index (χ0) is 14.0. The Hall–Kier alpha value is -2.23. The molecule has 2 rings (SSSR count). The Morgan fingerprint density at radius 3 is 2.05 bits per heavy atom. The van der Waals surface area contributed by atoms with Gasteiger partial charge in [0, 0.05) is 12.7 Å². The number of halogens is 1. The van der Waals surface area contributed by atoms with E-state index in [1.54, 1.807) is 18.2 Å². The van der Waals surface area contributed by atoms with Crippen LogP contribution in [0.5, 0.6) is 11.5 Å². The van der Waals surface area contributed by atoms with E-state index < -0.39 is 0 Å². The Balaban J connectivity index is 2.33. The van der Waals surface area contributed by atoms with Gasteiger partial charge in [-0.05, 0) is 43.3 Å². The zero-order valence-electron chi connectivity index (χ0n) is 10.8. The highest BCUT2D eigenvalue weighted by atomic mass is 19.1. The molecule has 0 radical (unpaired) electrons. The summed E-state index contributed by atoms with van der Waals surface area (Å²) in [6.07, 6.45) is 0. The number of phenolic OH excluding ortho intramolecular Hbond substituents is 2. The summed E-state index contributed by atoms with van der Waals surface area (Å²) in [6.45, 7) is 1.86. The van der Waals surface area contributed by atoms with E-state index in [1.807, 2.05) is 18.9 Å². The molecule has 0 aliphatic carbocycles. The van der Waals surface area contributed by atoms with Crippen molar-refractivity contribution in [1.82, 2.24) is 0 Å². The van der Waals surface area contributed by atoms with Gasteiger partial charge in [-0.15, -0.1) is 0 Å². The number of benzene rings is 2. The molecule has 0 fully saturated rings. The van der Waals surface area contributed by atoms with Gasteiger partial charge in [0.05, 0.1) is 11.6 Å². The maximum Gasteiger partial charge on any atom is 0.124 e. The predicted octanol–water partition coefficient (Wildman–Crippen LogP) is 3.43. The second-order valence-electron chi connectivity index (χ2n) is 4.47. The van der Waals surface area contributed by atoms with Gasteiger partial charge in [-0.1, -0.05) is 6.07 Å². The van der Waals surface area contributed by atoms with Gasteiger partial charge in [-0.2, -0.15) is 0 Å². The van der Waals surface area contributed by atoms with Gasteiger partial charge in [0.2, 0.25) is 0 Å². The molecule has 0 heterocycles. The predicted molar refractivity (Wildman–Crippen MR) is 73.0 cm³/mol. The highest BCUT2D eigenvalue weighted by molar-refractivity contribution is 5.53. The fourth-order valence-corrected chi connectivity index (χ4v) is 2.06. The molecule has 100 valence electrons. The molecular weight excluding hydrogens is 245 g/mol. The summed E-state index contributed by atoms with van der Waals surface area (Å²) < 4.78 is 12.9. The van der Waals surface area contributed by atoms with Gasteiger partial charge in [-0.3, -0.25) is 0 Å². The number of nitrogens with zero attached hydrogens (tertiary/aromatic N) is 1. The van der Waals surface area contributed by atoms with Crippen LogP contribution >= 0.6 is 0 Å². The van der Waals surface area contributed by atoms with Crippen LogP contribution in [0, 0.1) is 5.82 Å². The van der Waals surface area contributed by atoms with Crippen molar-refractivity contribution in [2.75, 3.05) is 11.9 Å². The number of hydrogen-bond donors (Lipinski definition) is 2. The third kappa shape index (κ3) is 2.62. The van der Waals surface area contributed by atoms with Crippen LogP contribution in [0.25, 0.3) is 0 Å². The molecule has 1 unspecified atom stereocenters. The number of anilines is 1. The minimum atomic E-state index is -0.296. The minimum Gasteiger partial charge on any atom is -0.507 e. The first kappa shape index (κ1) is 13.2. The second-order valence-corrected chi connectivity index (χ2v) is 4.47. The van der Waals surface area contributed by atoms with Crippen molar-refractivity contribution >= 4 is 5.69 Å². The molecule has 2 aromatic rings. The van der Waals surface area contributed by atoms with Crippen molar-refractivity contribution in [2.24, 2.45) is 0 Å². The first-order valence-corrected chi connectivity index (χ1v) is 6.00. The maximum absolute atomic E-state index is 12.9. The Morgan fingerprint density at radius 2 is 1.53 bits per heavy atom. The maximum atomic E-state index is 12.9. The lowest BCUT2D eigenvalue weighted by Crippen LogP contribution is -2.21. The molecule has 0 aliphatic heterocycles. The molecule has 19 heavy (non-hydrogen) atoms. The quantitative estimate of drug-likeness (QED) is 0.889. The van der Waals surface area contributed by atoms with E-state index in [0.29, 0.717) is 5.56 Å². The molecule has 0 saturated carbocycles. The van der Waals surface area contributed by atoms with Crippen molar-refractivity contribution in [3.63, 3.8) is 0 Å². The molecule has 2 N–H and O–H groups in total. The smallest absolute Gasteiger partial charge is 0.124 e. The van der Waals surface area contributed by atoms with Crippen LogP contribution in [0.4, 0.5) is 10.1 Å². The highest BCUT2D eigenvalue weighted by Gasteiger charge is 2.19. The Labute approximate surface area is 111 Å². The van der Waals surface area contributed by atoms with E-state index in [9.17, 15) is 14.6 Å². The first-order chi connectivity index (χ1) is 9.00. The minimum absolute atomic E-state index is 0.0430. The molecule has 0 bridgehead atoms. The number of hydrogen-bond acceptors (Lipinski definition) is 3. The molecule has 0 spiro atoms. The van der Waals surface area contributed by atoms with E-state index >= 15 is 0 Å². The van der Waals surface area contributed by atoms with E-state index in [1.165, 1.54) is 24.3 Å². The van der Waals surface area contributed by atoms with Gasteiger partial charge in [0.25, 0.3) is 0 Å². The van der Waals surface area contributed by atoms with Crippen LogP contribution in [0.15, 0.2) is 42.5 Å². The monoisotopic (exact) mass is 261 g/mol. The van der Waals surface area contributed by atoms with Gasteiger partial charge in [0.15, 0.2) is 0 Å². The van der Waals surface area contributed by atoms with Crippen LogP contribution in [0.3, 0.4) is 0 Å². The van der Waals surface area contributed by atoms with E-state index in [4.69, 9.17) is 0 Å². The van der Waals surface area contributed by atoms with Crippen molar-refractivity contribution in [2.45, 2.75) is 13.0 Å². The number of rotatable bonds is 3. The second kappa shape index (κ2) is 5.18. The number of aromatic hydroxyl groups is 2. The van der Waals surface area contributed by atoms with Gasteiger partial charge in [0.1, 0.15) is 17.3 Å². The van der Waals surface area contributed by atoms with E-state index in [0.717, 1.165) is 5.69 Å². The lowest BCUT2D eigenvalue weighted by atomic mass is 10.0.